The fraction of sp³-hybridized carbons (Fsp3) is 0.500. The number of nitrogens with one attached hydrogen (secondary N) is 2. The molecule has 2 N–H and O–H groups in total. The van der Waals surface area contributed by atoms with Crippen molar-refractivity contribution >= 4 is 39.9 Å². The van der Waals surface area contributed by atoms with E-state index in [4.69, 9.17) is 0 Å². The average molecular weight is 363 g/mol. The van der Waals surface area contributed by atoms with Crippen molar-refractivity contribution < 1.29 is 4.79 Å². The van der Waals surface area contributed by atoms with Crippen molar-refractivity contribution in [1.82, 2.24) is 10.2 Å². The van der Waals surface area contributed by atoms with Gasteiger partial charge < -0.3 is 10.6 Å². The molecule has 0 aromatic heterocycles. The molecule has 0 bridgehead atoms. The van der Waals surface area contributed by atoms with E-state index in [0.29, 0.717) is 12.5 Å². The van der Waals surface area contributed by atoms with Gasteiger partial charge in [0.05, 0.1) is 0 Å². The molecule has 0 unspecified atom stereocenters. The highest BCUT2D eigenvalue weighted by molar-refractivity contribution is 9.10. The van der Waals surface area contributed by atoms with E-state index in [2.05, 4.69) is 38.4 Å². The molecule has 1 aromatic rings. The maximum absolute atomic E-state index is 11.9. The first-order valence-corrected chi connectivity index (χ1v) is 7.44. The van der Waals surface area contributed by atoms with Gasteiger partial charge in [-0.15, -0.1) is 12.4 Å². The number of rotatable bonds is 4. The third kappa shape index (κ3) is 5.40. The Labute approximate surface area is 134 Å². The summed E-state index contributed by atoms with van der Waals surface area (Å²) < 4.78 is 1.01. The summed E-state index contributed by atoms with van der Waals surface area (Å²) in [4.78, 5) is 14.2. The Morgan fingerprint density at radius 3 is 2.80 bits per heavy atom. The molecule has 0 spiro atoms. The third-order valence-corrected chi connectivity index (χ3v) is 3.92. The second-order valence-electron chi connectivity index (χ2n) is 4.89. The Balaban J connectivity index is 0.00000200. The first-order valence-electron chi connectivity index (χ1n) is 6.65. The van der Waals surface area contributed by atoms with Gasteiger partial charge in [0.25, 0.3) is 0 Å². The van der Waals surface area contributed by atoms with Crippen LogP contribution in [0.4, 0.5) is 5.69 Å². The molecular formula is C14H21BrClN3O. The van der Waals surface area contributed by atoms with Crippen LogP contribution in [0, 0.1) is 0 Å². The third-order valence-electron chi connectivity index (χ3n) is 3.39. The summed E-state index contributed by atoms with van der Waals surface area (Å²) in [6.45, 7) is 6.06. The Morgan fingerprint density at radius 1 is 1.45 bits per heavy atom. The average Bonchev–Trinajstić information content (AvgIpc) is 2.40. The normalized spacial score (nSPS) is 19.2. The summed E-state index contributed by atoms with van der Waals surface area (Å²) in [7, 11) is 0. The Morgan fingerprint density at radius 2 is 2.15 bits per heavy atom. The van der Waals surface area contributed by atoms with Crippen LogP contribution in [0.2, 0.25) is 0 Å². The molecule has 6 heteroatoms. The van der Waals surface area contributed by atoms with Crippen molar-refractivity contribution in [3.8, 4) is 0 Å². The lowest BCUT2D eigenvalue weighted by Gasteiger charge is -2.33. The van der Waals surface area contributed by atoms with Crippen LogP contribution in [0.25, 0.3) is 0 Å². The summed E-state index contributed by atoms with van der Waals surface area (Å²) in [5.41, 5.74) is 0.849. The van der Waals surface area contributed by atoms with Crippen molar-refractivity contribution in [2.45, 2.75) is 19.4 Å². The number of piperazine rings is 1. The summed E-state index contributed by atoms with van der Waals surface area (Å²) >= 11 is 3.38. The van der Waals surface area contributed by atoms with Gasteiger partial charge in [-0.25, -0.2) is 0 Å². The molecule has 1 aliphatic heterocycles. The van der Waals surface area contributed by atoms with Crippen molar-refractivity contribution in [3.05, 3.63) is 28.7 Å². The summed E-state index contributed by atoms with van der Waals surface area (Å²) in [5.74, 6) is 0.0769. The predicted molar refractivity (Wildman–Crippen MR) is 88.5 cm³/mol. The second-order valence-corrected chi connectivity index (χ2v) is 5.81. The lowest BCUT2D eigenvalue weighted by molar-refractivity contribution is -0.116. The summed E-state index contributed by atoms with van der Waals surface area (Å²) in [6, 6.07) is 8.15. The highest BCUT2D eigenvalue weighted by Crippen LogP contribution is 2.14. The van der Waals surface area contributed by atoms with Gasteiger partial charge in [0, 0.05) is 48.8 Å². The lowest BCUT2D eigenvalue weighted by atomic mass is 10.2. The highest BCUT2D eigenvalue weighted by Gasteiger charge is 2.18. The topological polar surface area (TPSA) is 44.4 Å². The minimum absolute atomic E-state index is 0. The van der Waals surface area contributed by atoms with E-state index in [1.807, 2.05) is 24.3 Å². The van der Waals surface area contributed by atoms with E-state index >= 15 is 0 Å². The van der Waals surface area contributed by atoms with Crippen LogP contribution in [-0.2, 0) is 4.79 Å². The minimum Gasteiger partial charge on any atom is -0.326 e. The molecule has 1 atom stereocenters. The van der Waals surface area contributed by atoms with Crippen molar-refractivity contribution in [2.24, 2.45) is 0 Å². The zero-order chi connectivity index (χ0) is 13.7. The molecule has 4 nitrogen and oxygen atoms in total. The molecule has 20 heavy (non-hydrogen) atoms. The van der Waals surface area contributed by atoms with Crippen LogP contribution in [0.3, 0.4) is 0 Å². The van der Waals surface area contributed by atoms with Gasteiger partial charge in [0.15, 0.2) is 0 Å². The van der Waals surface area contributed by atoms with Gasteiger partial charge in [-0.1, -0.05) is 15.9 Å². The van der Waals surface area contributed by atoms with Crippen LogP contribution < -0.4 is 10.6 Å². The Bertz CT molecular complexity index is 427. The number of amides is 1. The molecule has 1 saturated heterocycles. The standard InChI is InChI=1S/C14H20BrN3O.ClH/c1-11-10-16-7-9-18(11)8-6-14(19)17-13-4-2-12(15)3-5-13;/h2-5,11,16H,6-10H2,1H3,(H,17,19);1H/t11-;/m0./s1. The molecular weight excluding hydrogens is 342 g/mol. The molecule has 1 aliphatic rings. The lowest BCUT2D eigenvalue weighted by Crippen LogP contribution is -2.50. The van der Waals surface area contributed by atoms with Crippen molar-refractivity contribution in [2.75, 3.05) is 31.5 Å². The summed E-state index contributed by atoms with van der Waals surface area (Å²) in [6.07, 6.45) is 0.542. The second kappa shape index (κ2) is 8.62. The van der Waals surface area contributed by atoms with E-state index in [0.717, 1.165) is 36.3 Å². The number of anilines is 1. The quantitative estimate of drug-likeness (QED) is 0.865. The van der Waals surface area contributed by atoms with Gasteiger partial charge in [-0.2, -0.15) is 0 Å². The molecule has 1 aromatic carbocycles. The molecule has 0 radical (unpaired) electrons. The zero-order valence-corrected chi connectivity index (χ0v) is 14.0. The first kappa shape index (κ1) is 17.4. The number of halogens is 2. The minimum atomic E-state index is 0. The van der Waals surface area contributed by atoms with E-state index in [-0.39, 0.29) is 18.3 Å². The molecule has 112 valence electrons. The van der Waals surface area contributed by atoms with Gasteiger partial charge in [0.2, 0.25) is 5.91 Å². The van der Waals surface area contributed by atoms with E-state index in [1.165, 1.54) is 0 Å². The van der Waals surface area contributed by atoms with Crippen LogP contribution in [0.5, 0.6) is 0 Å². The van der Waals surface area contributed by atoms with Gasteiger partial charge >= 0.3 is 0 Å². The van der Waals surface area contributed by atoms with Gasteiger partial charge in [-0.3, -0.25) is 9.69 Å². The molecule has 0 aliphatic carbocycles. The number of benzene rings is 1. The van der Waals surface area contributed by atoms with Crippen LogP contribution in [0.15, 0.2) is 28.7 Å². The Hall–Kier alpha value is -0.620. The Kier molecular flexibility index (Phi) is 7.51. The highest BCUT2D eigenvalue weighted by atomic mass is 79.9. The molecule has 2 rings (SSSR count). The van der Waals surface area contributed by atoms with Crippen molar-refractivity contribution in [1.29, 1.82) is 0 Å². The predicted octanol–water partition coefficient (Wildman–Crippen LogP) is 2.49. The maximum Gasteiger partial charge on any atom is 0.225 e. The summed E-state index contributed by atoms with van der Waals surface area (Å²) in [5, 5.41) is 6.27. The molecule has 1 heterocycles. The van der Waals surface area contributed by atoms with Crippen LogP contribution in [0.1, 0.15) is 13.3 Å². The van der Waals surface area contributed by atoms with E-state index < -0.39 is 0 Å². The molecule has 0 saturated carbocycles. The zero-order valence-electron chi connectivity index (χ0n) is 11.6. The SMILES string of the molecule is C[C@H]1CNCCN1CCC(=O)Nc1ccc(Br)cc1.Cl. The molecule has 1 fully saturated rings. The van der Waals surface area contributed by atoms with Gasteiger partial charge in [-0.05, 0) is 31.2 Å². The van der Waals surface area contributed by atoms with Crippen molar-refractivity contribution in [3.63, 3.8) is 0 Å². The number of carbonyl (C=O) groups is 1. The maximum atomic E-state index is 11.9. The largest absolute Gasteiger partial charge is 0.326 e. The smallest absolute Gasteiger partial charge is 0.225 e. The number of nitrogens with zero attached hydrogens (tertiary/aromatic N) is 1. The molecule has 1 amide bonds. The number of carbonyl (C=O) groups excluding carboxylic acids is 1. The fourth-order valence-electron chi connectivity index (χ4n) is 2.22. The van der Waals surface area contributed by atoms with E-state index in [9.17, 15) is 4.79 Å². The van der Waals surface area contributed by atoms with E-state index in [1.54, 1.807) is 0 Å². The van der Waals surface area contributed by atoms with Crippen LogP contribution >= 0.6 is 28.3 Å². The van der Waals surface area contributed by atoms with Gasteiger partial charge in [0.1, 0.15) is 0 Å². The monoisotopic (exact) mass is 361 g/mol. The first-order chi connectivity index (χ1) is 9.15. The number of hydrogen-bond donors (Lipinski definition) is 2. The van der Waals surface area contributed by atoms with Crippen LogP contribution in [-0.4, -0.2) is 43.0 Å². The number of hydrogen-bond acceptors (Lipinski definition) is 3. The fourth-order valence-corrected chi connectivity index (χ4v) is 2.48.